The number of aryl methyl sites for hydroxylation is 1. The van der Waals surface area contributed by atoms with Gasteiger partial charge < -0.3 is 10.4 Å². The SMILES string of the molecule is O=C(CCc1ccc(Br)cc1F)NCC(O)c1ccc(F)cc1. The minimum Gasteiger partial charge on any atom is -0.387 e. The van der Waals surface area contributed by atoms with E-state index in [0.717, 1.165) is 0 Å². The monoisotopic (exact) mass is 383 g/mol. The Balaban J connectivity index is 1.79. The number of rotatable bonds is 6. The maximum atomic E-state index is 13.6. The van der Waals surface area contributed by atoms with Crippen LogP contribution < -0.4 is 5.32 Å². The van der Waals surface area contributed by atoms with Crippen molar-refractivity contribution in [2.75, 3.05) is 6.54 Å². The molecule has 0 heterocycles. The van der Waals surface area contributed by atoms with E-state index in [1.807, 2.05) is 0 Å². The van der Waals surface area contributed by atoms with Crippen molar-refractivity contribution in [1.82, 2.24) is 5.32 Å². The molecule has 0 aromatic heterocycles. The number of carbonyl (C=O) groups is 1. The quantitative estimate of drug-likeness (QED) is 0.801. The predicted octanol–water partition coefficient (Wildman–Crippen LogP) is 3.51. The molecule has 122 valence electrons. The predicted molar refractivity (Wildman–Crippen MR) is 86.8 cm³/mol. The number of aliphatic hydroxyl groups excluding tert-OH is 1. The number of nitrogens with one attached hydrogen (secondary N) is 1. The van der Waals surface area contributed by atoms with Crippen LogP contribution >= 0.6 is 15.9 Å². The molecule has 0 radical (unpaired) electrons. The van der Waals surface area contributed by atoms with E-state index in [9.17, 15) is 18.7 Å². The van der Waals surface area contributed by atoms with Gasteiger partial charge in [0, 0.05) is 17.4 Å². The van der Waals surface area contributed by atoms with Crippen LogP contribution in [0.4, 0.5) is 8.78 Å². The fourth-order valence-electron chi connectivity index (χ4n) is 2.07. The normalized spacial score (nSPS) is 12.0. The lowest BCUT2D eigenvalue weighted by atomic mass is 10.1. The number of halogens is 3. The average molecular weight is 384 g/mol. The molecule has 0 fully saturated rings. The molecule has 0 saturated carbocycles. The van der Waals surface area contributed by atoms with Crippen LogP contribution in [0.1, 0.15) is 23.7 Å². The number of benzene rings is 2. The average Bonchev–Trinajstić information content (AvgIpc) is 2.52. The first kappa shape index (κ1) is 17.6. The van der Waals surface area contributed by atoms with E-state index in [1.54, 1.807) is 12.1 Å². The van der Waals surface area contributed by atoms with Crippen molar-refractivity contribution in [3.8, 4) is 0 Å². The number of carbonyl (C=O) groups excluding carboxylic acids is 1. The van der Waals surface area contributed by atoms with Gasteiger partial charge >= 0.3 is 0 Å². The van der Waals surface area contributed by atoms with E-state index in [2.05, 4.69) is 21.2 Å². The molecule has 1 atom stereocenters. The fraction of sp³-hybridized carbons (Fsp3) is 0.235. The summed E-state index contributed by atoms with van der Waals surface area (Å²) in [6.07, 6.45) is -0.518. The molecule has 1 unspecified atom stereocenters. The van der Waals surface area contributed by atoms with Crippen LogP contribution in [0.3, 0.4) is 0 Å². The smallest absolute Gasteiger partial charge is 0.220 e. The van der Waals surface area contributed by atoms with E-state index >= 15 is 0 Å². The van der Waals surface area contributed by atoms with Crippen LogP contribution in [-0.2, 0) is 11.2 Å². The summed E-state index contributed by atoms with van der Waals surface area (Å²) in [5.74, 6) is -1.03. The number of amides is 1. The molecule has 0 aliphatic carbocycles. The zero-order valence-electron chi connectivity index (χ0n) is 12.2. The van der Waals surface area contributed by atoms with Gasteiger partial charge in [0.1, 0.15) is 11.6 Å². The minimum absolute atomic E-state index is 0.0211. The maximum absolute atomic E-state index is 13.6. The molecule has 0 saturated heterocycles. The molecular weight excluding hydrogens is 368 g/mol. The molecule has 0 bridgehead atoms. The van der Waals surface area contributed by atoms with Gasteiger partial charge in [-0.25, -0.2) is 8.78 Å². The van der Waals surface area contributed by atoms with Crippen molar-refractivity contribution in [2.45, 2.75) is 18.9 Å². The highest BCUT2D eigenvalue weighted by Gasteiger charge is 2.11. The highest BCUT2D eigenvalue weighted by Crippen LogP contribution is 2.16. The van der Waals surface area contributed by atoms with Crippen molar-refractivity contribution >= 4 is 21.8 Å². The maximum Gasteiger partial charge on any atom is 0.220 e. The third-order valence-corrected chi connectivity index (χ3v) is 3.88. The van der Waals surface area contributed by atoms with Crippen LogP contribution in [0, 0.1) is 11.6 Å². The Morgan fingerprint density at radius 1 is 1.17 bits per heavy atom. The Bertz CT molecular complexity index is 677. The Labute approximate surface area is 141 Å². The van der Waals surface area contributed by atoms with Gasteiger partial charge in [-0.15, -0.1) is 0 Å². The molecule has 0 aliphatic rings. The van der Waals surface area contributed by atoms with Crippen molar-refractivity contribution in [3.63, 3.8) is 0 Å². The Hall–Kier alpha value is -1.79. The summed E-state index contributed by atoms with van der Waals surface area (Å²) in [7, 11) is 0. The zero-order chi connectivity index (χ0) is 16.8. The molecule has 2 aromatic carbocycles. The summed E-state index contributed by atoms with van der Waals surface area (Å²) in [6.45, 7) is 0.0211. The van der Waals surface area contributed by atoms with E-state index in [0.29, 0.717) is 15.6 Å². The van der Waals surface area contributed by atoms with E-state index in [4.69, 9.17) is 0 Å². The van der Waals surface area contributed by atoms with Gasteiger partial charge in [-0.2, -0.15) is 0 Å². The summed E-state index contributed by atoms with van der Waals surface area (Å²) in [6, 6.07) is 10.1. The Morgan fingerprint density at radius 2 is 1.87 bits per heavy atom. The lowest BCUT2D eigenvalue weighted by molar-refractivity contribution is -0.121. The Morgan fingerprint density at radius 3 is 2.52 bits per heavy atom. The van der Waals surface area contributed by atoms with Crippen LogP contribution in [0.25, 0.3) is 0 Å². The first-order chi connectivity index (χ1) is 11.0. The van der Waals surface area contributed by atoms with Crippen LogP contribution in [0.2, 0.25) is 0 Å². The lowest BCUT2D eigenvalue weighted by Gasteiger charge is -2.12. The third-order valence-electron chi connectivity index (χ3n) is 3.38. The van der Waals surface area contributed by atoms with Gasteiger partial charge in [-0.05, 0) is 41.8 Å². The molecule has 3 nitrogen and oxygen atoms in total. The fourth-order valence-corrected chi connectivity index (χ4v) is 2.41. The van der Waals surface area contributed by atoms with Crippen LogP contribution in [0.5, 0.6) is 0 Å². The van der Waals surface area contributed by atoms with Crippen molar-refractivity contribution < 1.29 is 18.7 Å². The number of aliphatic hydroxyl groups is 1. The van der Waals surface area contributed by atoms with Gasteiger partial charge in [-0.1, -0.05) is 34.1 Å². The first-order valence-electron chi connectivity index (χ1n) is 7.10. The van der Waals surface area contributed by atoms with Gasteiger partial charge in [0.2, 0.25) is 5.91 Å². The molecule has 1 amide bonds. The van der Waals surface area contributed by atoms with Crippen LogP contribution in [-0.4, -0.2) is 17.6 Å². The number of hydrogen-bond donors (Lipinski definition) is 2. The summed E-state index contributed by atoms with van der Waals surface area (Å²) in [5, 5.41) is 12.5. The molecule has 2 rings (SSSR count). The summed E-state index contributed by atoms with van der Waals surface area (Å²) in [5.41, 5.74) is 0.980. The second-order valence-corrected chi connectivity index (χ2v) is 6.02. The van der Waals surface area contributed by atoms with Crippen molar-refractivity contribution in [3.05, 3.63) is 69.7 Å². The van der Waals surface area contributed by atoms with Gasteiger partial charge in [0.05, 0.1) is 6.10 Å². The highest BCUT2D eigenvalue weighted by molar-refractivity contribution is 9.10. The minimum atomic E-state index is -0.913. The largest absolute Gasteiger partial charge is 0.387 e. The lowest BCUT2D eigenvalue weighted by Crippen LogP contribution is -2.28. The summed E-state index contributed by atoms with van der Waals surface area (Å²) >= 11 is 3.17. The second kappa shape index (κ2) is 8.17. The third kappa shape index (κ3) is 5.41. The standard InChI is InChI=1S/C17H16BrF2NO2/c18-13-5-1-11(15(20)9-13)4-8-17(23)21-10-16(22)12-2-6-14(19)7-3-12/h1-3,5-7,9,16,22H,4,8,10H2,(H,21,23). The molecule has 0 spiro atoms. The van der Waals surface area contributed by atoms with Gasteiger partial charge in [0.25, 0.3) is 0 Å². The molecule has 6 heteroatoms. The van der Waals surface area contributed by atoms with Gasteiger partial charge in [-0.3, -0.25) is 4.79 Å². The zero-order valence-corrected chi connectivity index (χ0v) is 13.8. The molecule has 23 heavy (non-hydrogen) atoms. The Kier molecular flexibility index (Phi) is 6.24. The topological polar surface area (TPSA) is 49.3 Å². The molecular formula is C17H16BrF2NO2. The van der Waals surface area contributed by atoms with Crippen LogP contribution in [0.15, 0.2) is 46.9 Å². The van der Waals surface area contributed by atoms with E-state index in [-0.39, 0.29) is 36.9 Å². The van der Waals surface area contributed by atoms with E-state index in [1.165, 1.54) is 30.3 Å². The van der Waals surface area contributed by atoms with Crippen molar-refractivity contribution in [2.24, 2.45) is 0 Å². The summed E-state index contributed by atoms with van der Waals surface area (Å²) < 4.78 is 27.1. The molecule has 2 N–H and O–H groups in total. The summed E-state index contributed by atoms with van der Waals surface area (Å²) in [4.78, 5) is 11.8. The van der Waals surface area contributed by atoms with E-state index < -0.39 is 6.10 Å². The van der Waals surface area contributed by atoms with Gasteiger partial charge in [0.15, 0.2) is 0 Å². The second-order valence-electron chi connectivity index (χ2n) is 5.11. The number of hydrogen-bond acceptors (Lipinski definition) is 2. The highest BCUT2D eigenvalue weighted by atomic mass is 79.9. The first-order valence-corrected chi connectivity index (χ1v) is 7.89. The van der Waals surface area contributed by atoms with Crippen molar-refractivity contribution in [1.29, 1.82) is 0 Å². The molecule has 0 aliphatic heterocycles. The molecule has 2 aromatic rings.